The van der Waals surface area contributed by atoms with E-state index in [2.05, 4.69) is 0 Å². The first-order valence-corrected chi connectivity index (χ1v) is 8.05. The molecule has 0 saturated carbocycles. The second-order valence-electron chi connectivity index (χ2n) is 7.46. The minimum Gasteiger partial charge on any atom is -0.444 e. The lowest BCUT2D eigenvalue weighted by Crippen LogP contribution is -2.50. The molecule has 0 aromatic heterocycles. The first kappa shape index (κ1) is 18.7. The number of nitrogens with zero attached hydrogens (tertiary/aromatic N) is 1. The van der Waals surface area contributed by atoms with Gasteiger partial charge in [-0.2, -0.15) is 0 Å². The van der Waals surface area contributed by atoms with Crippen molar-refractivity contribution in [1.82, 2.24) is 4.90 Å². The number of ether oxygens (including phenoxy) is 2. The van der Waals surface area contributed by atoms with Crippen LogP contribution < -0.4 is 0 Å². The van der Waals surface area contributed by atoms with Crippen LogP contribution in [-0.2, 0) is 16.1 Å². The van der Waals surface area contributed by atoms with Crippen molar-refractivity contribution in [2.45, 2.75) is 64.7 Å². The monoisotopic (exact) mass is 339 g/mol. The third-order valence-electron chi connectivity index (χ3n) is 3.92. The molecule has 24 heavy (non-hydrogen) atoms. The van der Waals surface area contributed by atoms with Gasteiger partial charge in [-0.3, -0.25) is 4.90 Å². The molecule has 1 aromatic rings. The number of carbonyl (C=O) groups is 1. The highest BCUT2D eigenvalue weighted by Crippen LogP contribution is 2.42. The maximum Gasteiger partial charge on any atom is 0.413 e. The molecule has 1 saturated heterocycles. The Balaban J connectivity index is 2.30. The molecule has 0 radical (unpaired) electrons. The lowest BCUT2D eigenvalue weighted by atomic mass is 10.0. The molecule has 0 aliphatic carbocycles. The minimum atomic E-state index is -0.987. The predicted octanol–water partition coefficient (Wildman–Crippen LogP) is 3.56. The van der Waals surface area contributed by atoms with Gasteiger partial charge in [0.25, 0.3) is 0 Å². The number of aliphatic hydroxyl groups excluding tert-OH is 1. The summed E-state index contributed by atoms with van der Waals surface area (Å²) in [5.74, 6) is 0. The molecule has 1 N–H and O–H groups in total. The van der Waals surface area contributed by atoms with Gasteiger partial charge in [-0.05, 0) is 45.7 Å². The number of alkyl halides is 1. The van der Waals surface area contributed by atoms with E-state index in [-0.39, 0.29) is 6.61 Å². The zero-order valence-electron chi connectivity index (χ0n) is 14.9. The Bertz CT molecular complexity index is 580. The molecule has 0 bridgehead atoms. The molecule has 1 heterocycles. The van der Waals surface area contributed by atoms with Crippen LogP contribution in [0.4, 0.5) is 9.18 Å². The molecule has 6 heteroatoms. The molecule has 1 amide bonds. The van der Waals surface area contributed by atoms with Crippen molar-refractivity contribution in [1.29, 1.82) is 0 Å². The smallest absolute Gasteiger partial charge is 0.413 e. The van der Waals surface area contributed by atoms with Gasteiger partial charge in [0.2, 0.25) is 0 Å². The van der Waals surface area contributed by atoms with E-state index >= 15 is 0 Å². The van der Waals surface area contributed by atoms with Crippen molar-refractivity contribution >= 4 is 6.09 Å². The van der Waals surface area contributed by atoms with Gasteiger partial charge in [0, 0.05) is 0 Å². The van der Waals surface area contributed by atoms with Crippen LogP contribution in [0.5, 0.6) is 0 Å². The van der Waals surface area contributed by atoms with Crippen LogP contribution in [0.25, 0.3) is 0 Å². The summed E-state index contributed by atoms with van der Waals surface area (Å²) >= 11 is 0. The Morgan fingerprint density at radius 2 is 1.92 bits per heavy atom. The van der Waals surface area contributed by atoms with Crippen LogP contribution in [0.15, 0.2) is 24.3 Å². The molecule has 2 atom stereocenters. The lowest BCUT2D eigenvalue weighted by Gasteiger charge is -2.34. The summed E-state index contributed by atoms with van der Waals surface area (Å²) in [6.45, 7) is 7.95. The molecule has 5 nitrogen and oxygen atoms in total. The third kappa shape index (κ3) is 3.87. The molecule has 1 aliphatic heterocycles. The van der Waals surface area contributed by atoms with E-state index in [1.165, 1.54) is 4.90 Å². The zero-order chi connectivity index (χ0) is 18.1. The molecule has 0 spiro atoms. The van der Waals surface area contributed by atoms with Gasteiger partial charge in [0.1, 0.15) is 24.1 Å². The van der Waals surface area contributed by atoms with E-state index in [0.29, 0.717) is 0 Å². The van der Waals surface area contributed by atoms with Crippen LogP contribution >= 0.6 is 0 Å². The van der Waals surface area contributed by atoms with E-state index in [9.17, 15) is 9.18 Å². The highest BCUT2D eigenvalue weighted by atomic mass is 19.1. The maximum atomic E-state index is 13.8. The lowest BCUT2D eigenvalue weighted by molar-refractivity contribution is -0.0797. The fraction of sp³-hybridized carbons (Fsp3) is 0.611. The number of hydrogen-bond acceptors (Lipinski definition) is 4. The second-order valence-corrected chi connectivity index (χ2v) is 7.46. The van der Waals surface area contributed by atoms with Crippen LogP contribution in [0.1, 0.15) is 51.8 Å². The first-order chi connectivity index (χ1) is 11.1. The van der Waals surface area contributed by atoms with Crippen molar-refractivity contribution in [2.75, 3.05) is 6.67 Å². The largest absolute Gasteiger partial charge is 0.444 e. The van der Waals surface area contributed by atoms with Gasteiger partial charge in [0.15, 0.2) is 0 Å². The van der Waals surface area contributed by atoms with Crippen LogP contribution in [-0.4, -0.2) is 40.1 Å². The number of rotatable bonds is 3. The quantitative estimate of drug-likeness (QED) is 0.915. The summed E-state index contributed by atoms with van der Waals surface area (Å²) < 4.78 is 25.2. The minimum absolute atomic E-state index is 0.0616. The average Bonchev–Trinajstić information content (AvgIpc) is 2.76. The summed E-state index contributed by atoms with van der Waals surface area (Å²) in [6, 6.07) is 6.32. The third-order valence-corrected chi connectivity index (χ3v) is 3.92. The van der Waals surface area contributed by atoms with E-state index in [0.717, 1.165) is 11.1 Å². The van der Waals surface area contributed by atoms with Gasteiger partial charge >= 0.3 is 6.09 Å². The standard InChI is InChI=1S/C18H26FNO4/c1-17(2,3)24-16(22)20-14(10-19)15(23-18(20,4)5)13-8-6-12(11-21)7-9-13/h6-9,14-15,21H,10-11H2,1-5H3. The summed E-state index contributed by atoms with van der Waals surface area (Å²) in [5, 5.41) is 9.14. The summed E-state index contributed by atoms with van der Waals surface area (Å²) in [6.07, 6.45) is -1.19. The van der Waals surface area contributed by atoms with E-state index < -0.39 is 36.2 Å². The van der Waals surface area contributed by atoms with E-state index in [1.54, 1.807) is 58.9 Å². The number of benzene rings is 1. The Kier molecular flexibility index (Phi) is 5.20. The van der Waals surface area contributed by atoms with Crippen molar-refractivity contribution in [3.8, 4) is 0 Å². The van der Waals surface area contributed by atoms with Crippen LogP contribution in [0, 0.1) is 0 Å². The molecular formula is C18H26FNO4. The number of aliphatic hydroxyl groups is 1. The highest BCUT2D eigenvalue weighted by Gasteiger charge is 2.51. The molecule has 2 unspecified atom stereocenters. The van der Waals surface area contributed by atoms with Gasteiger partial charge < -0.3 is 14.6 Å². The fourth-order valence-corrected chi connectivity index (χ4v) is 2.90. The van der Waals surface area contributed by atoms with E-state index in [1.807, 2.05) is 0 Å². The average molecular weight is 339 g/mol. The molecule has 1 aliphatic rings. The molecule has 1 fully saturated rings. The van der Waals surface area contributed by atoms with Crippen molar-refractivity contribution in [3.05, 3.63) is 35.4 Å². The summed E-state index contributed by atoms with van der Waals surface area (Å²) in [5.41, 5.74) is -0.139. The highest BCUT2D eigenvalue weighted by molar-refractivity contribution is 5.70. The summed E-state index contributed by atoms with van der Waals surface area (Å²) in [7, 11) is 0. The molecule has 2 rings (SSSR count). The maximum absolute atomic E-state index is 13.8. The number of amides is 1. The molecular weight excluding hydrogens is 313 g/mol. The normalized spacial score (nSPS) is 23.4. The molecule has 1 aromatic carbocycles. The first-order valence-electron chi connectivity index (χ1n) is 8.05. The Morgan fingerprint density at radius 1 is 1.33 bits per heavy atom. The van der Waals surface area contributed by atoms with Gasteiger partial charge in [0.05, 0.1) is 12.6 Å². The van der Waals surface area contributed by atoms with Crippen LogP contribution in [0.3, 0.4) is 0 Å². The zero-order valence-corrected chi connectivity index (χ0v) is 14.9. The fourth-order valence-electron chi connectivity index (χ4n) is 2.90. The van der Waals surface area contributed by atoms with Crippen LogP contribution in [0.2, 0.25) is 0 Å². The van der Waals surface area contributed by atoms with Gasteiger partial charge in [-0.25, -0.2) is 9.18 Å². The second kappa shape index (κ2) is 6.69. The Hall–Kier alpha value is -1.66. The Labute approximate surface area is 142 Å². The van der Waals surface area contributed by atoms with Gasteiger partial charge in [-0.15, -0.1) is 0 Å². The van der Waals surface area contributed by atoms with E-state index in [4.69, 9.17) is 14.6 Å². The number of halogens is 1. The van der Waals surface area contributed by atoms with Crippen molar-refractivity contribution in [2.24, 2.45) is 0 Å². The number of carbonyl (C=O) groups excluding carboxylic acids is 1. The Morgan fingerprint density at radius 3 is 2.38 bits per heavy atom. The van der Waals surface area contributed by atoms with Gasteiger partial charge in [-0.1, -0.05) is 24.3 Å². The predicted molar refractivity (Wildman–Crippen MR) is 88.1 cm³/mol. The van der Waals surface area contributed by atoms with Crippen molar-refractivity contribution < 1.29 is 23.8 Å². The number of hydrogen-bond donors (Lipinski definition) is 1. The van der Waals surface area contributed by atoms with Crippen molar-refractivity contribution in [3.63, 3.8) is 0 Å². The molecule has 134 valence electrons. The topological polar surface area (TPSA) is 59.0 Å². The summed E-state index contributed by atoms with van der Waals surface area (Å²) in [4.78, 5) is 13.9. The SMILES string of the molecule is CC(C)(C)OC(=O)N1C(CF)C(c2ccc(CO)cc2)OC1(C)C.